The first-order chi connectivity index (χ1) is 13.5. The lowest BCUT2D eigenvalue weighted by atomic mass is 10.1. The first-order valence-corrected chi connectivity index (χ1v) is 12.3. The van der Waals surface area contributed by atoms with E-state index in [9.17, 15) is 19.1 Å². The van der Waals surface area contributed by atoms with Crippen molar-refractivity contribution in [3.63, 3.8) is 0 Å². The van der Waals surface area contributed by atoms with Crippen LogP contribution in [0.5, 0.6) is 0 Å². The summed E-state index contributed by atoms with van der Waals surface area (Å²) in [5.41, 5.74) is 0. The Labute approximate surface area is 171 Å². The molecule has 0 aliphatic rings. The zero-order valence-corrected chi connectivity index (χ0v) is 18.5. The number of phosphoric acid groups is 1. The fraction of sp³-hybridized carbons (Fsp3) is 0.857. The SMILES string of the molecule is CCCCCCCC/C=C\CCCCCCCCOCC(=O)COP(=O)([O-])[O-]. The predicted octanol–water partition coefficient (Wildman–Crippen LogP) is 4.45. The van der Waals surface area contributed by atoms with Crippen LogP contribution in [0.15, 0.2) is 12.2 Å². The van der Waals surface area contributed by atoms with Gasteiger partial charge in [0.15, 0.2) is 5.78 Å². The molecule has 0 aromatic rings. The van der Waals surface area contributed by atoms with E-state index >= 15 is 0 Å². The van der Waals surface area contributed by atoms with E-state index in [1.165, 1.54) is 70.6 Å². The maximum absolute atomic E-state index is 11.2. The second-order valence-electron chi connectivity index (χ2n) is 7.25. The highest BCUT2D eigenvalue weighted by Gasteiger charge is 2.03. The van der Waals surface area contributed by atoms with Gasteiger partial charge in [0.1, 0.15) is 13.2 Å². The summed E-state index contributed by atoms with van der Waals surface area (Å²) in [4.78, 5) is 31.7. The molecule has 0 spiro atoms. The third-order valence-electron chi connectivity index (χ3n) is 4.45. The molecule has 28 heavy (non-hydrogen) atoms. The second-order valence-corrected chi connectivity index (χ2v) is 8.40. The van der Waals surface area contributed by atoms with Crippen LogP contribution in [0.4, 0.5) is 0 Å². The molecule has 0 saturated carbocycles. The number of ether oxygens (including phenoxy) is 1. The quantitative estimate of drug-likeness (QED) is 0.155. The van der Waals surface area contributed by atoms with Crippen molar-refractivity contribution in [2.24, 2.45) is 0 Å². The lowest BCUT2D eigenvalue weighted by Gasteiger charge is -2.27. The summed E-state index contributed by atoms with van der Waals surface area (Å²) in [6, 6.07) is 0. The average molecular weight is 419 g/mol. The van der Waals surface area contributed by atoms with Gasteiger partial charge in [-0.05, 0) is 32.1 Å². The van der Waals surface area contributed by atoms with Crippen molar-refractivity contribution in [2.45, 2.75) is 96.8 Å². The summed E-state index contributed by atoms with van der Waals surface area (Å²) in [6.07, 6.45) is 21.9. The molecule has 166 valence electrons. The van der Waals surface area contributed by atoms with Crippen molar-refractivity contribution in [1.29, 1.82) is 0 Å². The maximum Gasteiger partial charge on any atom is 0.184 e. The molecule has 7 heteroatoms. The Morgan fingerprint density at radius 1 is 0.786 bits per heavy atom. The number of hydrogen-bond acceptors (Lipinski definition) is 6. The van der Waals surface area contributed by atoms with E-state index < -0.39 is 20.2 Å². The number of carbonyl (C=O) groups excluding carboxylic acids is 1. The third kappa shape index (κ3) is 23.5. The van der Waals surface area contributed by atoms with E-state index in [-0.39, 0.29) is 6.61 Å². The molecule has 0 fully saturated rings. The lowest BCUT2D eigenvalue weighted by Crippen LogP contribution is -2.22. The third-order valence-corrected chi connectivity index (χ3v) is 4.89. The van der Waals surface area contributed by atoms with E-state index in [1.807, 2.05) is 0 Å². The Balaban J connectivity index is 3.22. The molecule has 0 rings (SSSR count). The van der Waals surface area contributed by atoms with Gasteiger partial charge in [0, 0.05) is 6.61 Å². The average Bonchev–Trinajstić information content (AvgIpc) is 2.65. The molecular formula is C21H39O6P-2. The lowest BCUT2D eigenvalue weighted by molar-refractivity contribution is -0.341. The second kappa shape index (κ2) is 19.8. The minimum atomic E-state index is -5.08. The largest absolute Gasteiger partial charge is 0.790 e. The van der Waals surface area contributed by atoms with Gasteiger partial charge in [-0.25, -0.2) is 0 Å². The van der Waals surface area contributed by atoms with Gasteiger partial charge in [0.05, 0.1) is 7.82 Å². The van der Waals surface area contributed by atoms with Gasteiger partial charge in [-0.3, -0.25) is 4.79 Å². The molecule has 0 aliphatic carbocycles. The van der Waals surface area contributed by atoms with Crippen LogP contribution in [-0.2, 0) is 18.6 Å². The zero-order valence-electron chi connectivity index (χ0n) is 17.6. The van der Waals surface area contributed by atoms with E-state index in [4.69, 9.17) is 4.74 Å². The highest BCUT2D eigenvalue weighted by atomic mass is 31.2. The van der Waals surface area contributed by atoms with E-state index in [1.54, 1.807) is 0 Å². The Morgan fingerprint density at radius 2 is 1.29 bits per heavy atom. The highest BCUT2D eigenvalue weighted by molar-refractivity contribution is 7.43. The fourth-order valence-corrected chi connectivity index (χ4v) is 3.13. The molecule has 0 heterocycles. The van der Waals surface area contributed by atoms with Gasteiger partial charge in [0.25, 0.3) is 0 Å². The van der Waals surface area contributed by atoms with Crippen molar-refractivity contribution in [1.82, 2.24) is 0 Å². The molecule has 0 aromatic heterocycles. The van der Waals surface area contributed by atoms with Crippen molar-refractivity contribution >= 4 is 13.6 Å². The predicted molar refractivity (Wildman–Crippen MR) is 109 cm³/mol. The van der Waals surface area contributed by atoms with Crippen molar-refractivity contribution in [2.75, 3.05) is 19.8 Å². The number of phosphoric ester groups is 1. The van der Waals surface area contributed by atoms with Crippen molar-refractivity contribution in [3.8, 4) is 0 Å². The van der Waals surface area contributed by atoms with E-state index in [0.717, 1.165) is 19.3 Å². The number of allylic oxidation sites excluding steroid dienone is 2. The summed E-state index contributed by atoms with van der Waals surface area (Å²) in [5.74, 6) is -0.545. The normalized spacial score (nSPS) is 12.1. The van der Waals surface area contributed by atoms with Crippen LogP contribution in [-0.4, -0.2) is 25.6 Å². The van der Waals surface area contributed by atoms with Crippen LogP contribution in [0.3, 0.4) is 0 Å². The van der Waals surface area contributed by atoms with Gasteiger partial charge >= 0.3 is 0 Å². The molecule has 6 nitrogen and oxygen atoms in total. The van der Waals surface area contributed by atoms with Crippen LogP contribution in [0.2, 0.25) is 0 Å². The van der Waals surface area contributed by atoms with Crippen LogP contribution in [0.25, 0.3) is 0 Å². The fourth-order valence-electron chi connectivity index (χ4n) is 2.83. The van der Waals surface area contributed by atoms with Crippen LogP contribution in [0, 0.1) is 0 Å². The molecule has 0 aromatic carbocycles. The minimum absolute atomic E-state index is 0.217. The Bertz CT molecular complexity index is 433. The molecule has 0 unspecified atom stereocenters. The van der Waals surface area contributed by atoms with Gasteiger partial charge in [-0.15, -0.1) is 0 Å². The first-order valence-electron chi connectivity index (χ1n) is 10.9. The summed E-state index contributed by atoms with van der Waals surface area (Å²) < 4.78 is 19.3. The van der Waals surface area contributed by atoms with Crippen molar-refractivity contribution < 1.29 is 28.4 Å². The molecule has 0 N–H and O–H groups in total. The Kier molecular flexibility index (Phi) is 19.4. The Hall–Kier alpha value is -0.520. The minimum Gasteiger partial charge on any atom is -0.790 e. The molecule has 0 radical (unpaired) electrons. The zero-order chi connectivity index (χ0) is 20.9. The number of Topliss-reactive ketones (excluding diaryl/α,β-unsaturated/α-hetero) is 1. The highest BCUT2D eigenvalue weighted by Crippen LogP contribution is 2.23. The molecule has 0 amide bonds. The van der Waals surface area contributed by atoms with Crippen LogP contribution < -0.4 is 9.79 Å². The number of rotatable bonds is 21. The molecule has 0 atom stereocenters. The van der Waals surface area contributed by atoms with Gasteiger partial charge in [-0.1, -0.05) is 76.9 Å². The molecular weight excluding hydrogens is 379 g/mol. The van der Waals surface area contributed by atoms with E-state index in [0.29, 0.717) is 6.61 Å². The summed E-state index contributed by atoms with van der Waals surface area (Å²) in [5, 5.41) is 0. The number of carbonyl (C=O) groups is 1. The van der Waals surface area contributed by atoms with Crippen LogP contribution >= 0.6 is 7.82 Å². The van der Waals surface area contributed by atoms with Gasteiger partial charge < -0.3 is 23.6 Å². The number of ketones is 1. The maximum atomic E-state index is 11.2. The topological polar surface area (TPSA) is 98.7 Å². The van der Waals surface area contributed by atoms with Crippen LogP contribution in [0.1, 0.15) is 96.8 Å². The monoisotopic (exact) mass is 418 g/mol. The van der Waals surface area contributed by atoms with Crippen molar-refractivity contribution in [3.05, 3.63) is 12.2 Å². The first kappa shape index (κ1) is 27.5. The standard InChI is InChI=1S/C21H41O6P/c1-2-3-4-5-6-7-8-9-10-11-12-13-14-15-16-17-18-26-19-21(22)20-27-28(23,24)25/h9-10H,2-8,11-20H2,1H3,(H2,23,24,25)/p-2/b10-9-. The number of unbranched alkanes of at least 4 members (excludes halogenated alkanes) is 12. The smallest absolute Gasteiger partial charge is 0.184 e. The molecule has 0 bridgehead atoms. The molecule has 0 aliphatic heterocycles. The van der Waals surface area contributed by atoms with E-state index in [2.05, 4.69) is 23.6 Å². The van der Waals surface area contributed by atoms with Gasteiger partial charge in [-0.2, -0.15) is 0 Å². The van der Waals surface area contributed by atoms with Gasteiger partial charge in [0.2, 0.25) is 0 Å². The summed E-state index contributed by atoms with van der Waals surface area (Å²) in [6.45, 7) is 1.75. The summed E-state index contributed by atoms with van der Waals surface area (Å²) in [7, 11) is -5.08. The Morgan fingerprint density at radius 3 is 1.82 bits per heavy atom. The summed E-state index contributed by atoms with van der Waals surface area (Å²) >= 11 is 0. The molecule has 0 saturated heterocycles. The number of hydrogen-bond donors (Lipinski definition) is 0.